The second kappa shape index (κ2) is 7.54. The maximum Gasteiger partial charge on any atom is 0.337 e. The number of benzene rings is 2. The van der Waals surface area contributed by atoms with Crippen LogP contribution < -0.4 is 10.6 Å². The SMILES string of the molecule is O=C(NC(=S)Nc1ccc(Br)cc1C(=O)O)c1ccc(Cl)cc1. The summed E-state index contributed by atoms with van der Waals surface area (Å²) in [6.07, 6.45) is 0. The van der Waals surface area contributed by atoms with Crippen molar-refractivity contribution >= 4 is 62.4 Å². The first-order chi connectivity index (χ1) is 10.9. The van der Waals surface area contributed by atoms with E-state index in [9.17, 15) is 14.7 Å². The predicted octanol–water partition coefficient (Wildman–Crippen LogP) is 3.93. The van der Waals surface area contributed by atoms with Crippen LogP contribution in [0.5, 0.6) is 0 Å². The third-order valence-corrected chi connectivity index (χ3v) is 3.74. The molecule has 0 saturated heterocycles. The van der Waals surface area contributed by atoms with Gasteiger partial charge in [-0.3, -0.25) is 10.1 Å². The van der Waals surface area contributed by atoms with E-state index < -0.39 is 11.9 Å². The standard InChI is InChI=1S/C15H10BrClN2O3S/c16-9-3-6-12(11(7-9)14(21)22)18-15(23)19-13(20)8-1-4-10(17)5-2-8/h1-7H,(H,21,22)(H2,18,19,20,23). The quantitative estimate of drug-likeness (QED) is 0.665. The van der Waals surface area contributed by atoms with Gasteiger partial charge in [-0.15, -0.1) is 0 Å². The number of hydrogen-bond acceptors (Lipinski definition) is 3. The van der Waals surface area contributed by atoms with Gasteiger partial charge in [0.15, 0.2) is 5.11 Å². The molecule has 0 atom stereocenters. The number of amides is 1. The summed E-state index contributed by atoms with van der Waals surface area (Å²) in [6.45, 7) is 0. The summed E-state index contributed by atoms with van der Waals surface area (Å²) < 4.78 is 0.622. The van der Waals surface area contributed by atoms with Gasteiger partial charge in [-0.2, -0.15) is 0 Å². The van der Waals surface area contributed by atoms with Gasteiger partial charge in [0.2, 0.25) is 0 Å². The molecule has 0 aromatic heterocycles. The van der Waals surface area contributed by atoms with Crippen molar-refractivity contribution in [1.29, 1.82) is 0 Å². The number of thiocarbonyl (C=S) groups is 1. The number of rotatable bonds is 3. The lowest BCUT2D eigenvalue weighted by molar-refractivity contribution is 0.0697. The lowest BCUT2D eigenvalue weighted by Crippen LogP contribution is -2.34. The molecule has 0 aliphatic carbocycles. The highest BCUT2D eigenvalue weighted by Gasteiger charge is 2.13. The molecule has 0 saturated carbocycles. The zero-order valence-corrected chi connectivity index (χ0v) is 14.6. The zero-order valence-electron chi connectivity index (χ0n) is 11.5. The molecular weight excluding hydrogens is 404 g/mol. The number of aromatic carboxylic acids is 1. The Labute approximate surface area is 150 Å². The van der Waals surface area contributed by atoms with Crippen molar-refractivity contribution in [2.75, 3.05) is 5.32 Å². The summed E-state index contributed by atoms with van der Waals surface area (Å²) in [5.41, 5.74) is 0.692. The number of halogens is 2. The van der Waals surface area contributed by atoms with Gasteiger partial charge in [0.05, 0.1) is 11.3 Å². The molecular formula is C15H10BrClN2O3S. The highest BCUT2D eigenvalue weighted by molar-refractivity contribution is 9.10. The molecule has 0 spiro atoms. The minimum absolute atomic E-state index is 0.00484. The molecule has 0 bridgehead atoms. The summed E-state index contributed by atoms with van der Waals surface area (Å²) in [7, 11) is 0. The first kappa shape index (κ1) is 17.4. The van der Waals surface area contributed by atoms with E-state index in [0.717, 1.165) is 0 Å². The van der Waals surface area contributed by atoms with Gasteiger partial charge in [-0.25, -0.2) is 4.79 Å². The Kier molecular flexibility index (Phi) is 5.70. The summed E-state index contributed by atoms with van der Waals surface area (Å²) >= 11 is 14.0. The third kappa shape index (κ3) is 4.75. The van der Waals surface area contributed by atoms with E-state index in [-0.39, 0.29) is 16.4 Å². The Morgan fingerprint density at radius 1 is 1.13 bits per heavy atom. The number of carboxylic acids is 1. The highest BCUT2D eigenvalue weighted by atomic mass is 79.9. The fourth-order valence-corrected chi connectivity index (χ4v) is 2.42. The Hall–Kier alpha value is -1.96. The van der Waals surface area contributed by atoms with Crippen molar-refractivity contribution in [3.63, 3.8) is 0 Å². The van der Waals surface area contributed by atoms with Gasteiger partial charge in [-0.05, 0) is 54.7 Å². The van der Waals surface area contributed by atoms with Crippen LogP contribution in [0.3, 0.4) is 0 Å². The van der Waals surface area contributed by atoms with Crippen LogP contribution in [0.25, 0.3) is 0 Å². The average Bonchev–Trinajstić information content (AvgIpc) is 2.49. The van der Waals surface area contributed by atoms with E-state index in [1.165, 1.54) is 6.07 Å². The fraction of sp³-hybridized carbons (Fsp3) is 0. The molecule has 23 heavy (non-hydrogen) atoms. The van der Waals surface area contributed by atoms with E-state index >= 15 is 0 Å². The van der Waals surface area contributed by atoms with E-state index in [0.29, 0.717) is 15.1 Å². The topological polar surface area (TPSA) is 78.4 Å². The highest BCUT2D eigenvalue weighted by Crippen LogP contribution is 2.21. The minimum atomic E-state index is -1.11. The molecule has 2 aromatic rings. The second-order valence-corrected chi connectivity index (χ2v) is 6.17. The summed E-state index contributed by atoms with van der Waals surface area (Å²) in [5.74, 6) is -1.53. The normalized spacial score (nSPS) is 10.0. The summed E-state index contributed by atoms with van der Waals surface area (Å²) in [4.78, 5) is 23.3. The van der Waals surface area contributed by atoms with Gasteiger partial charge in [-0.1, -0.05) is 27.5 Å². The number of carbonyl (C=O) groups excluding carboxylic acids is 1. The van der Waals surface area contributed by atoms with Crippen molar-refractivity contribution < 1.29 is 14.7 Å². The summed E-state index contributed by atoms with van der Waals surface area (Å²) in [5, 5.41) is 14.9. The lowest BCUT2D eigenvalue weighted by atomic mass is 10.2. The number of nitrogens with one attached hydrogen (secondary N) is 2. The van der Waals surface area contributed by atoms with E-state index in [2.05, 4.69) is 26.6 Å². The fourth-order valence-electron chi connectivity index (χ4n) is 1.73. The molecule has 2 aromatic carbocycles. The molecule has 0 heterocycles. The van der Waals surface area contributed by atoms with Crippen LogP contribution >= 0.6 is 39.7 Å². The second-order valence-electron chi connectivity index (χ2n) is 4.41. The lowest BCUT2D eigenvalue weighted by Gasteiger charge is -2.12. The van der Waals surface area contributed by atoms with Crippen molar-refractivity contribution in [3.05, 3.63) is 63.1 Å². The molecule has 8 heteroatoms. The molecule has 118 valence electrons. The maximum atomic E-state index is 12.0. The van der Waals surface area contributed by atoms with Crippen molar-refractivity contribution in [1.82, 2.24) is 5.32 Å². The summed E-state index contributed by atoms with van der Waals surface area (Å²) in [6, 6.07) is 10.9. The first-order valence-corrected chi connectivity index (χ1v) is 7.85. The molecule has 0 aliphatic rings. The number of carbonyl (C=O) groups is 2. The number of carboxylic acid groups (broad SMARTS) is 1. The Morgan fingerprint density at radius 3 is 2.39 bits per heavy atom. The van der Waals surface area contributed by atoms with E-state index in [1.807, 2.05) is 0 Å². The molecule has 0 fully saturated rings. The Balaban J connectivity index is 2.09. The molecule has 3 N–H and O–H groups in total. The monoisotopic (exact) mass is 412 g/mol. The van der Waals surface area contributed by atoms with Crippen LogP contribution in [0, 0.1) is 0 Å². The number of anilines is 1. The van der Waals surface area contributed by atoms with Gasteiger partial charge in [0.25, 0.3) is 5.91 Å². The Bertz CT molecular complexity index is 781. The largest absolute Gasteiger partial charge is 0.478 e. The number of hydrogen-bond donors (Lipinski definition) is 3. The Morgan fingerprint density at radius 2 is 1.78 bits per heavy atom. The molecule has 1 amide bonds. The smallest absolute Gasteiger partial charge is 0.337 e. The maximum absolute atomic E-state index is 12.0. The van der Waals surface area contributed by atoms with Crippen LogP contribution in [-0.2, 0) is 0 Å². The van der Waals surface area contributed by atoms with Gasteiger partial charge in [0.1, 0.15) is 0 Å². The van der Waals surface area contributed by atoms with Gasteiger partial charge < -0.3 is 10.4 Å². The van der Waals surface area contributed by atoms with Crippen LogP contribution in [-0.4, -0.2) is 22.1 Å². The zero-order chi connectivity index (χ0) is 17.0. The van der Waals surface area contributed by atoms with E-state index in [4.69, 9.17) is 23.8 Å². The van der Waals surface area contributed by atoms with Crippen LogP contribution in [0.1, 0.15) is 20.7 Å². The van der Waals surface area contributed by atoms with Crippen LogP contribution in [0.2, 0.25) is 5.02 Å². The van der Waals surface area contributed by atoms with Crippen LogP contribution in [0.4, 0.5) is 5.69 Å². The third-order valence-electron chi connectivity index (χ3n) is 2.79. The molecule has 0 unspecified atom stereocenters. The molecule has 2 rings (SSSR count). The van der Waals surface area contributed by atoms with Crippen molar-refractivity contribution in [2.45, 2.75) is 0 Å². The van der Waals surface area contributed by atoms with Crippen LogP contribution in [0.15, 0.2) is 46.9 Å². The molecule has 5 nitrogen and oxygen atoms in total. The first-order valence-electron chi connectivity index (χ1n) is 6.27. The average molecular weight is 414 g/mol. The van der Waals surface area contributed by atoms with Gasteiger partial charge in [0, 0.05) is 15.1 Å². The molecule has 0 radical (unpaired) electrons. The van der Waals surface area contributed by atoms with Crippen molar-refractivity contribution in [3.8, 4) is 0 Å². The molecule has 0 aliphatic heterocycles. The van der Waals surface area contributed by atoms with Gasteiger partial charge >= 0.3 is 5.97 Å². The van der Waals surface area contributed by atoms with E-state index in [1.54, 1.807) is 36.4 Å². The minimum Gasteiger partial charge on any atom is -0.478 e. The predicted molar refractivity (Wildman–Crippen MR) is 96.2 cm³/mol. The van der Waals surface area contributed by atoms with Crippen molar-refractivity contribution in [2.24, 2.45) is 0 Å².